The lowest BCUT2D eigenvalue weighted by molar-refractivity contribution is -0.121. The van der Waals surface area contributed by atoms with Crippen molar-refractivity contribution in [2.45, 2.75) is 117 Å². The molecule has 5 aromatic rings. The molecule has 298 valence electrons. The van der Waals surface area contributed by atoms with Gasteiger partial charge in [-0.05, 0) is 70.4 Å². The van der Waals surface area contributed by atoms with E-state index in [9.17, 15) is 9.59 Å². The van der Waals surface area contributed by atoms with Gasteiger partial charge in [0.15, 0.2) is 11.3 Å². The van der Waals surface area contributed by atoms with E-state index >= 15 is 0 Å². The van der Waals surface area contributed by atoms with Crippen LogP contribution < -0.4 is 21.3 Å². The molecule has 0 unspecified atom stereocenters. The molecule has 2 aliphatic heterocycles. The molecule has 4 aromatic heterocycles. The van der Waals surface area contributed by atoms with Crippen LogP contribution in [0.15, 0.2) is 36.7 Å². The lowest BCUT2D eigenvalue weighted by Gasteiger charge is -2.26. The van der Waals surface area contributed by atoms with Crippen LogP contribution in [0.5, 0.6) is 0 Å². The molecular formula is C42H56N10O4. The van der Waals surface area contributed by atoms with Crippen molar-refractivity contribution in [2.75, 3.05) is 37.1 Å². The summed E-state index contributed by atoms with van der Waals surface area (Å²) in [4.78, 5) is 37.4. The molecule has 14 nitrogen and oxygen atoms in total. The Morgan fingerprint density at radius 1 is 0.714 bits per heavy atom. The second-order valence-corrected chi connectivity index (χ2v) is 14.6. The molecule has 14 heteroatoms. The highest BCUT2D eigenvalue weighted by atomic mass is 16.5. The number of rotatable bonds is 16. The van der Waals surface area contributed by atoms with Crippen LogP contribution in [0.4, 0.5) is 11.4 Å². The number of nitrogens with zero attached hydrogens (tertiary/aromatic N) is 6. The first kappa shape index (κ1) is 39.2. The summed E-state index contributed by atoms with van der Waals surface area (Å²) in [5.74, 6) is -0.278. The molecule has 1 aromatic carbocycles. The van der Waals surface area contributed by atoms with Crippen LogP contribution in [0.1, 0.15) is 98.2 Å². The highest BCUT2D eigenvalue weighted by Gasteiger charge is 2.24. The summed E-state index contributed by atoms with van der Waals surface area (Å²) in [5, 5.41) is 25.1. The highest BCUT2D eigenvalue weighted by Crippen LogP contribution is 2.33. The van der Waals surface area contributed by atoms with Crippen LogP contribution in [0.3, 0.4) is 0 Å². The number of amides is 2. The molecule has 0 radical (unpaired) electrons. The number of ether oxygens (including phenoxy) is 2. The van der Waals surface area contributed by atoms with Crippen molar-refractivity contribution >= 4 is 45.3 Å². The fourth-order valence-electron chi connectivity index (χ4n) is 7.95. The summed E-state index contributed by atoms with van der Waals surface area (Å²) in [7, 11) is 0. The molecule has 0 spiro atoms. The first-order valence-corrected chi connectivity index (χ1v) is 20.5. The van der Waals surface area contributed by atoms with E-state index in [1.54, 1.807) is 0 Å². The number of nitrogens with one attached hydrogen (secondary N) is 4. The fraction of sp³-hybridized carbons (Fsp3) is 0.524. The van der Waals surface area contributed by atoms with E-state index < -0.39 is 0 Å². The SMILES string of the molecule is CCc1nc2c(cnn2CC)c(NC2CCOCC2)c1CNC(=O)CCc1ccccc1C(=O)NCc1c(CC)nc2c(cnn2CC)c1NC1CCOCC1. The number of fused-ring (bicyclic) bond motifs is 2. The van der Waals surface area contributed by atoms with Crippen molar-refractivity contribution in [3.63, 3.8) is 0 Å². The van der Waals surface area contributed by atoms with Gasteiger partial charge >= 0.3 is 0 Å². The van der Waals surface area contributed by atoms with Gasteiger partial charge in [-0.15, -0.1) is 0 Å². The topological polar surface area (TPSA) is 162 Å². The number of carbonyl (C=O) groups excluding carboxylic acids is 2. The summed E-state index contributed by atoms with van der Waals surface area (Å²) in [5.41, 5.74) is 8.88. The van der Waals surface area contributed by atoms with Crippen molar-refractivity contribution < 1.29 is 19.1 Å². The Labute approximate surface area is 328 Å². The molecule has 0 saturated carbocycles. The number of hydrogen-bond acceptors (Lipinski definition) is 10. The molecular weight excluding hydrogens is 709 g/mol. The van der Waals surface area contributed by atoms with Gasteiger partial charge in [-0.1, -0.05) is 32.0 Å². The van der Waals surface area contributed by atoms with Gasteiger partial charge in [0.2, 0.25) is 5.91 Å². The maximum atomic E-state index is 13.9. The van der Waals surface area contributed by atoms with E-state index in [1.165, 1.54) is 0 Å². The predicted octanol–water partition coefficient (Wildman–Crippen LogP) is 5.70. The molecule has 2 saturated heterocycles. The highest BCUT2D eigenvalue weighted by molar-refractivity contribution is 5.97. The smallest absolute Gasteiger partial charge is 0.251 e. The van der Waals surface area contributed by atoms with Crippen molar-refractivity contribution in [3.8, 4) is 0 Å². The third-order valence-corrected chi connectivity index (χ3v) is 11.1. The molecule has 2 fully saturated rings. The Morgan fingerprint density at radius 2 is 1.21 bits per heavy atom. The summed E-state index contributed by atoms with van der Waals surface area (Å²) < 4.78 is 15.1. The van der Waals surface area contributed by atoms with E-state index in [0.29, 0.717) is 51.3 Å². The molecule has 7 rings (SSSR count). The summed E-state index contributed by atoms with van der Waals surface area (Å²) in [6, 6.07) is 8.06. The maximum absolute atomic E-state index is 13.9. The summed E-state index contributed by atoms with van der Waals surface area (Å²) >= 11 is 0. The standard InChI is InChI=1S/C42H56N10O4/c1-5-35-31(38(47-28-15-19-55-20-16-28)33-25-45-51(7-3)40(33)49-35)23-43-37(53)14-13-27-11-9-10-12-30(27)42(54)44-24-32-36(6-2)50-41-34(26-46-52(41)8-4)39(32)48-29-17-21-56-22-18-29/h9-12,25-26,28-29H,5-8,13-24H2,1-4H3,(H,43,53)(H,44,54)(H,47,49)(H,48,50). The lowest BCUT2D eigenvalue weighted by Crippen LogP contribution is -2.30. The van der Waals surface area contributed by atoms with Gasteiger partial charge in [-0.2, -0.15) is 10.2 Å². The molecule has 2 aliphatic rings. The first-order chi connectivity index (χ1) is 27.4. The fourth-order valence-corrected chi connectivity index (χ4v) is 7.95. The zero-order chi connectivity index (χ0) is 39.0. The second kappa shape index (κ2) is 18.2. The molecule has 56 heavy (non-hydrogen) atoms. The Hall–Kier alpha value is -5.08. The number of anilines is 2. The number of aromatic nitrogens is 6. The normalized spacial score (nSPS) is 15.4. The van der Waals surface area contributed by atoms with Crippen molar-refractivity contribution in [1.82, 2.24) is 40.2 Å². The number of benzene rings is 1. The van der Waals surface area contributed by atoms with Gasteiger partial charge in [0, 0.05) is 99.2 Å². The van der Waals surface area contributed by atoms with Crippen molar-refractivity contribution in [1.29, 1.82) is 0 Å². The van der Waals surface area contributed by atoms with E-state index in [2.05, 4.69) is 59.2 Å². The average molecular weight is 765 g/mol. The monoisotopic (exact) mass is 764 g/mol. The summed E-state index contributed by atoms with van der Waals surface area (Å²) in [6.45, 7) is 13.3. The number of carbonyl (C=O) groups is 2. The molecule has 4 N–H and O–H groups in total. The third-order valence-electron chi connectivity index (χ3n) is 11.1. The largest absolute Gasteiger partial charge is 0.381 e. The van der Waals surface area contributed by atoms with Crippen LogP contribution >= 0.6 is 0 Å². The summed E-state index contributed by atoms with van der Waals surface area (Å²) in [6.07, 6.45) is 9.48. The Bertz CT molecular complexity index is 2150. The third kappa shape index (κ3) is 8.51. The number of pyridine rings is 2. The van der Waals surface area contributed by atoms with E-state index in [0.717, 1.165) is 113 Å². The van der Waals surface area contributed by atoms with E-state index in [-0.39, 0.29) is 30.3 Å². The quantitative estimate of drug-likeness (QED) is 0.0981. The van der Waals surface area contributed by atoms with E-state index in [1.807, 2.05) is 46.0 Å². The van der Waals surface area contributed by atoms with Crippen LogP contribution in [0.25, 0.3) is 22.1 Å². The van der Waals surface area contributed by atoms with Gasteiger partial charge in [0.05, 0.1) is 34.5 Å². The van der Waals surface area contributed by atoms with Crippen molar-refractivity contribution in [2.24, 2.45) is 0 Å². The molecule has 0 bridgehead atoms. The Kier molecular flexibility index (Phi) is 12.8. The minimum atomic E-state index is -0.187. The minimum Gasteiger partial charge on any atom is -0.381 e. The first-order valence-electron chi connectivity index (χ1n) is 20.5. The number of hydrogen-bond donors (Lipinski definition) is 4. The number of aryl methyl sites for hydroxylation is 5. The average Bonchev–Trinajstić information content (AvgIpc) is 3.86. The van der Waals surface area contributed by atoms with Gasteiger partial charge in [0.25, 0.3) is 5.91 Å². The van der Waals surface area contributed by atoms with Crippen LogP contribution in [-0.4, -0.2) is 79.9 Å². The van der Waals surface area contributed by atoms with Crippen LogP contribution in [-0.2, 0) is 59.7 Å². The van der Waals surface area contributed by atoms with Gasteiger partial charge in [-0.25, -0.2) is 19.3 Å². The Balaban J connectivity index is 1.05. The molecule has 0 atom stereocenters. The second-order valence-electron chi connectivity index (χ2n) is 14.6. The lowest BCUT2D eigenvalue weighted by atomic mass is 10.0. The van der Waals surface area contributed by atoms with Crippen LogP contribution in [0.2, 0.25) is 0 Å². The van der Waals surface area contributed by atoms with Crippen LogP contribution in [0, 0.1) is 0 Å². The zero-order valence-electron chi connectivity index (χ0n) is 33.2. The van der Waals surface area contributed by atoms with Gasteiger partial charge in [-0.3, -0.25) is 9.59 Å². The molecule has 2 amide bonds. The van der Waals surface area contributed by atoms with Crippen molar-refractivity contribution in [3.05, 3.63) is 70.3 Å². The van der Waals surface area contributed by atoms with Gasteiger partial charge in [0.1, 0.15) is 0 Å². The molecule has 0 aliphatic carbocycles. The zero-order valence-corrected chi connectivity index (χ0v) is 33.2. The maximum Gasteiger partial charge on any atom is 0.251 e. The van der Waals surface area contributed by atoms with Gasteiger partial charge < -0.3 is 30.7 Å². The minimum absolute atomic E-state index is 0.0907. The predicted molar refractivity (Wildman–Crippen MR) is 218 cm³/mol. The molecule has 6 heterocycles. The Morgan fingerprint density at radius 3 is 1.71 bits per heavy atom. The van der Waals surface area contributed by atoms with E-state index in [4.69, 9.17) is 19.4 Å².